The number of nitrogens with zero attached hydrogens (tertiary/aromatic N) is 1. The molecule has 2 aromatic rings. The molecule has 122 valence electrons. The first kappa shape index (κ1) is 17.9. The van der Waals surface area contributed by atoms with Crippen LogP contribution in [0.5, 0.6) is 0 Å². The predicted molar refractivity (Wildman–Crippen MR) is 95.9 cm³/mol. The highest BCUT2D eigenvalue weighted by Gasteiger charge is 2.42. The lowest BCUT2D eigenvalue weighted by Crippen LogP contribution is -2.37. The third-order valence-corrected chi connectivity index (χ3v) is 5.77. The molecule has 2 unspecified atom stereocenters. The fourth-order valence-corrected chi connectivity index (χ4v) is 4.64. The first-order valence-corrected chi connectivity index (χ1v) is 9.64. The van der Waals surface area contributed by atoms with Crippen LogP contribution in [-0.4, -0.2) is 28.0 Å². The largest absolute Gasteiger partial charge is 0.481 e. The molecule has 0 saturated carbocycles. The van der Waals surface area contributed by atoms with Gasteiger partial charge in [0, 0.05) is 11.1 Å². The summed E-state index contributed by atoms with van der Waals surface area (Å²) in [7, 11) is -0.611. The van der Waals surface area contributed by atoms with E-state index >= 15 is 0 Å². The van der Waals surface area contributed by atoms with Crippen molar-refractivity contribution in [2.45, 2.75) is 25.3 Å². The van der Waals surface area contributed by atoms with Gasteiger partial charge >= 0.3 is 14.4 Å². The Kier molecular flexibility index (Phi) is 6.14. The number of aromatic nitrogens is 1. The molecular formula is C17H21NO3PS+. The highest BCUT2D eigenvalue weighted by molar-refractivity contribution is 7.99. The number of rotatable bonds is 8. The van der Waals surface area contributed by atoms with Crippen LogP contribution < -0.4 is 0 Å². The van der Waals surface area contributed by atoms with Crippen molar-refractivity contribution in [3.63, 3.8) is 0 Å². The van der Waals surface area contributed by atoms with Gasteiger partial charge in [-0.15, -0.1) is 11.8 Å². The second-order valence-electron chi connectivity index (χ2n) is 6.14. The minimum absolute atomic E-state index is 0.182. The van der Waals surface area contributed by atoms with Crippen molar-refractivity contribution in [1.82, 2.24) is 4.98 Å². The van der Waals surface area contributed by atoms with Gasteiger partial charge in [-0.25, -0.2) is 4.98 Å². The molecule has 0 aliphatic carbocycles. The summed E-state index contributed by atoms with van der Waals surface area (Å²) in [5.74, 6) is -0.267. The third kappa shape index (κ3) is 4.52. The molecular weight excluding hydrogens is 329 g/mol. The van der Waals surface area contributed by atoms with E-state index in [2.05, 4.69) is 4.98 Å². The quantitative estimate of drug-likeness (QED) is 0.562. The van der Waals surface area contributed by atoms with Gasteiger partial charge in [-0.05, 0) is 24.5 Å². The molecule has 0 amide bonds. The Morgan fingerprint density at radius 3 is 2.70 bits per heavy atom. The molecule has 0 aliphatic rings. The fraction of sp³-hybridized carbons (Fsp3) is 0.412. The zero-order valence-corrected chi connectivity index (χ0v) is 15.1. The Bertz CT molecular complexity index is 707. The number of hydrogen-bond acceptors (Lipinski definition) is 4. The van der Waals surface area contributed by atoms with Crippen LogP contribution in [0.15, 0.2) is 41.4 Å². The maximum atomic E-state index is 11.8. The van der Waals surface area contributed by atoms with Gasteiger partial charge in [0.1, 0.15) is 5.41 Å². The van der Waals surface area contributed by atoms with Crippen LogP contribution in [0.25, 0.3) is 10.9 Å². The number of carboxylic acids is 1. The van der Waals surface area contributed by atoms with Crippen LogP contribution >= 0.6 is 20.2 Å². The van der Waals surface area contributed by atoms with Crippen molar-refractivity contribution in [2.75, 3.05) is 11.9 Å². The molecule has 2 rings (SSSR count). The first-order valence-electron chi connectivity index (χ1n) is 7.54. The maximum absolute atomic E-state index is 11.8. The molecule has 0 saturated heterocycles. The lowest BCUT2D eigenvalue weighted by atomic mass is 9.83. The molecule has 0 fully saturated rings. The molecule has 1 aromatic carbocycles. The molecule has 0 bridgehead atoms. The number of pyridine rings is 1. The van der Waals surface area contributed by atoms with Crippen molar-refractivity contribution in [3.05, 3.63) is 36.4 Å². The summed E-state index contributed by atoms with van der Waals surface area (Å²) in [5.41, 5.74) is -0.0696. The van der Waals surface area contributed by atoms with Gasteiger partial charge in [-0.1, -0.05) is 42.7 Å². The highest BCUT2D eigenvalue weighted by Crippen LogP contribution is 2.36. The molecule has 0 aliphatic heterocycles. The van der Waals surface area contributed by atoms with Crippen molar-refractivity contribution in [3.8, 4) is 0 Å². The molecule has 0 radical (unpaired) electrons. The Hall–Kier alpha value is -1.45. The summed E-state index contributed by atoms with van der Waals surface area (Å²) in [5, 5.41) is 11.5. The number of carbonyl (C=O) groups is 1. The highest BCUT2D eigenvalue weighted by atomic mass is 32.2. The predicted octanol–water partition coefficient (Wildman–Crippen LogP) is 4.47. The average molecular weight is 350 g/mol. The SMILES string of the molecule is CC(C)CC(C[PH+]=O)(CSc1ccc2ccccc2n1)C(=O)O. The topological polar surface area (TPSA) is 67.3 Å². The van der Waals surface area contributed by atoms with Gasteiger partial charge < -0.3 is 5.11 Å². The summed E-state index contributed by atoms with van der Waals surface area (Å²) < 4.78 is 11.2. The van der Waals surface area contributed by atoms with Crippen LogP contribution in [-0.2, 0) is 9.36 Å². The zero-order chi connectivity index (χ0) is 16.9. The minimum atomic E-state index is -0.966. The van der Waals surface area contributed by atoms with E-state index < -0.39 is 19.8 Å². The summed E-state index contributed by atoms with van der Waals surface area (Å²) in [4.78, 5) is 16.4. The van der Waals surface area contributed by atoms with E-state index in [-0.39, 0.29) is 12.1 Å². The number of para-hydroxylation sites is 1. The van der Waals surface area contributed by atoms with Gasteiger partial charge in [-0.3, -0.25) is 4.79 Å². The lowest BCUT2D eigenvalue weighted by molar-refractivity contribution is -0.147. The second-order valence-corrected chi connectivity index (χ2v) is 7.77. The molecule has 1 N–H and O–H groups in total. The Morgan fingerprint density at radius 2 is 2.04 bits per heavy atom. The summed E-state index contributed by atoms with van der Waals surface area (Å²) in [6.07, 6.45) is 0.694. The molecule has 1 aromatic heterocycles. The normalized spacial score (nSPS) is 14.2. The van der Waals surface area contributed by atoms with Crippen LogP contribution in [0, 0.1) is 11.3 Å². The van der Waals surface area contributed by atoms with Gasteiger partial charge in [0.05, 0.1) is 10.5 Å². The molecule has 2 atom stereocenters. The summed E-state index contributed by atoms with van der Waals surface area (Å²) in [6.45, 7) is 3.98. The van der Waals surface area contributed by atoms with Crippen LogP contribution in [0.4, 0.5) is 0 Å². The maximum Gasteiger partial charge on any atom is 0.326 e. The third-order valence-electron chi connectivity index (χ3n) is 3.73. The van der Waals surface area contributed by atoms with E-state index in [9.17, 15) is 14.5 Å². The van der Waals surface area contributed by atoms with E-state index in [1.807, 2.05) is 50.2 Å². The fourth-order valence-electron chi connectivity index (χ4n) is 2.67. The van der Waals surface area contributed by atoms with Gasteiger partial charge in [0.15, 0.2) is 6.16 Å². The van der Waals surface area contributed by atoms with Crippen LogP contribution in [0.3, 0.4) is 0 Å². The second kappa shape index (κ2) is 7.89. The minimum Gasteiger partial charge on any atom is -0.481 e. The smallest absolute Gasteiger partial charge is 0.326 e. The molecule has 0 spiro atoms. The summed E-state index contributed by atoms with van der Waals surface area (Å²) in [6, 6.07) is 11.7. The number of thioether (sulfide) groups is 1. The van der Waals surface area contributed by atoms with E-state index in [0.29, 0.717) is 12.2 Å². The number of fused-ring (bicyclic) bond motifs is 1. The average Bonchev–Trinajstić information content (AvgIpc) is 2.52. The molecule has 4 nitrogen and oxygen atoms in total. The standard InChI is InChI=1S/C17H20NO3PS/c1-12(2)9-17(10-22-21,16(19)20)11-23-15-8-7-13-5-3-4-6-14(13)18-15/h3-8,12H,9-11H2,1-2H3,(H,19,20)/p+1. The number of aliphatic carboxylic acids is 1. The van der Waals surface area contributed by atoms with E-state index in [1.165, 1.54) is 11.8 Å². The van der Waals surface area contributed by atoms with Crippen molar-refractivity contribution in [1.29, 1.82) is 0 Å². The van der Waals surface area contributed by atoms with E-state index in [1.54, 1.807) is 0 Å². The summed E-state index contributed by atoms with van der Waals surface area (Å²) >= 11 is 1.43. The van der Waals surface area contributed by atoms with Crippen molar-refractivity contribution in [2.24, 2.45) is 11.3 Å². The Morgan fingerprint density at radius 1 is 1.30 bits per heavy atom. The van der Waals surface area contributed by atoms with Gasteiger partial charge in [-0.2, -0.15) is 0 Å². The Labute approximate surface area is 141 Å². The number of carboxylic acid groups (broad SMARTS) is 1. The van der Waals surface area contributed by atoms with Gasteiger partial charge in [0.25, 0.3) is 0 Å². The monoisotopic (exact) mass is 350 g/mol. The Balaban J connectivity index is 2.21. The lowest BCUT2D eigenvalue weighted by Gasteiger charge is -2.26. The van der Waals surface area contributed by atoms with Crippen molar-refractivity contribution >= 4 is 37.1 Å². The zero-order valence-electron chi connectivity index (χ0n) is 13.3. The van der Waals surface area contributed by atoms with Gasteiger partial charge in [0.2, 0.25) is 0 Å². The van der Waals surface area contributed by atoms with Crippen LogP contribution in [0.1, 0.15) is 20.3 Å². The molecule has 23 heavy (non-hydrogen) atoms. The van der Waals surface area contributed by atoms with Crippen molar-refractivity contribution < 1.29 is 14.5 Å². The van der Waals surface area contributed by atoms with E-state index in [0.717, 1.165) is 15.9 Å². The molecule has 1 heterocycles. The first-order chi connectivity index (χ1) is 11.0. The molecule has 6 heteroatoms. The number of benzene rings is 1. The van der Waals surface area contributed by atoms with E-state index in [4.69, 9.17) is 0 Å². The van der Waals surface area contributed by atoms with Crippen LogP contribution in [0.2, 0.25) is 0 Å². The number of hydrogen-bond donors (Lipinski definition) is 1.